The van der Waals surface area contributed by atoms with Crippen molar-refractivity contribution in [3.05, 3.63) is 24.3 Å². The molecule has 1 aromatic carbocycles. The monoisotopic (exact) mass is 283 g/mol. The summed E-state index contributed by atoms with van der Waals surface area (Å²) in [6, 6.07) is 6.35. The lowest BCUT2D eigenvalue weighted by atomic mass is 10.0. The van der Waals surface area contributed by atoms with Gasteiger partial charge in [0.25, 0.3) is 0 Å². The summed E-state index contributed by atoms with van der Waals surface area (Å²) in [5.41, 5.74) is 5.04. The molecule has 0 saturated carbocycles. The molecule has 2 rings (SSSR count). The number of hydrogen-bond acceptors (Lipinski definition) is 4. The molecule has 1 aliphatic heterocycles. The highest BCUT2D eigenvalue weighted by Crippen LogP contribution is 2.42. The molecule has 0 aromatic heterocycles. The Morgan fingerprint density at radius 1 is 1.16 bits per heavy atom. The van der Waals surface area contributed by atoms with Gasteiger partial charge in [0.05, 0.1) is 21.3 Å². The standard InChI is InChI=1S/C14H21NO3S/c1-13(2)9-12(14(3,4)18-13)19(16,17)11-7-5-10(15)6-8-11/h5-8,12H,9,15H2,1-4H3. The molecule has 106 valence electrons. The van der Waals surface area contributed by atoms with Crippen LogP contribution in [0.1, 0.15) is 34.1 Å². The molecule has 1 unspecified atom stereocenters. The number of benzene rings is 1. The van der Waals surface area contributed by atoms with Crippen molar-refractivity contribution in [1.29, 1.82) is 0 Å². The molecule has 2 N–H and O–H groups in total. The van der Waals surface area contributed by atoms with Crippen LogP contribution < -0.4 is 5.73 Å². The van der Waals surface area contributed by atoms with Crippen LogP contribution >= 0.6 is 0 Å². The zero-order valence-electron chi connectivity index (χ0n) is 11.8. The van der Waals surface area contributed by atoms with Crippen molar-refractivity contribution in [2.45, 2.75) is 55.5 Å². The van der Waals surface area contributed by atoms with E-state index in [1.54, 1.807) is 24.3 Å². The molecule has 0 radical (unpaired) electrons. The van der Waals surface area contributed by atoms with Gasteiger partial charge in [-0.1, -0.05) is 0 Å². The van der Waals surface area contributed by atoms with Crippen molar-refractivity contribution in [1.82, 2.24) is 0 Å². The molecule has 4 nitrogen and oxygen atoms in total. The van der Waals surface area contributed by atoms with Crippen molar-refractivity contribution in [3.63, 3.8) is 0 Å². The average Bonchev–Trinajstić information content (AvgIpc) is 2.48. The predicted molar refractivity (Wildman–Crippen MR) is 75.7 cm³/mol. The van der Waals surface area contributed by atoms with Crippen LogP contribution in [0.2, 0.25) is 0 Å². The van der Waals surface area contributed by atoms with Crippen molar-refractivity contribution >= 4 is 15.5 Å². The van der Waals surface area contributed by atoms with E-state index in [0.29, 0.717) is 17.0 Å². The fourth-order valence-electron chi connectivity index (χ4n) is 2.82. The largest absolute Gasteiger partial charge is 0.399 e. The number of anilines is 1. The topological polar surface area (TPSA) is 69.4 Å². The van der Waals surface area contributed by atoms with E-state index in [2.05, 4.69) is 0 Å². The number of hydrogen-bond donors (Lipinski definition) is 1. The summed E-state index contributed by atoms with van der Waals surface area (Å²) in [6.45, 7) is 7.52. The Kier molecular flexibility index (Phi) is 3.18. The van der Waals surface area contributed by atoms with Crippen LogP contribution in [0.5, 0.6) is 0 Å². The normalized spacial score (nSPS) is 25.4. The van der Waals surface area contributed by atoms with E-state index < -0.39 is 26.3 Å². The molecular formula is C14H21NO3S. The van der Waals surface area contributed by atoms with Crippen LogP contribution in [-0.4, -0.2) is 24.9 Å². The minimum Gasteiger partial charge on any atom is -0.399 e. The zero-order chi connectivity index (χ0) is 14.5. The van der Waals surface area contributed by atoms with Gasteiger partial charge in [0.2, 0.25) is 0 Å². The molecule has 19 heavy (non-hydrogen) atoms. The first-order valence-corrected chi connectivity index (χ1v) is 7.89. The molecule has 0 amide bonds. The highest BCUT2D eigenvalue weighted by Gasteiger charge is 2.52. The van der Waals surface area contributed by atoms with Crippen LogP contribution in [0, 0.1) is 0 Å². The number of sulfone groups is 1. The minimum absolute atomic E-state index is 0.307. The third-order valence-electron chi connectivity index (χ3n) is 3.57. The summed E-state index contributed by atoms with van der Waals surface area (Å²) in [7, 11) is -3.41. The Morgan fingerprint density at radius 2 is 1.68 bits per heavy atom. The van der Waals surface area contributed by atoms with Gasteiger partial charge in [-0.2, -0.15) is 0 Å². The van der Waals surface area contributed by atoms with Crippen molar-refractivity contribution in [3.8, 4) is 0 Å². The van der Waals surface area contributed by atoms with E-state index in [1.807, 2.05) is 27.7 Å². The maximum absolute atomic E-state index is 12.7. The quantitative estimate of drug-likeness (QED) is 0.846. The molecule has 1 aromatic rings. The molecule has 0 aliphatic carbocycles. The van der Waals surface area contributed by atoms with Gasteiger partial charge in [-0.25, -0.2) is 8.42 Å². The van der Waals surface area contributed by atoms with Gasteiger partial charge in [0.1, 0.15) is 0 Å². The van der Waals surface area contributed by atoms with Crippen LogP contribution in [0.3, 0.4) is 0 Å². The first kappa shape index (κ1) is 14.3. The fourth-order valence-corrected chi connectivity index (χ4v) is 5.08. The number of rotatable bonds is 2. The predicted octanol–water partition coefficient (Wildman–Crippen LogP) is 2.39. The second kappa shape index (κ2) is 4.21. The maximum Gasteiger partial charge on any atom is 0.184 e. The van der Waals surface area contributed by atoms with Gasteiger partial charge in [0.15, 0.2) is 9.84 Å². The third kappa shape index (κ3) is 2.62. The van der Waals surface area contributed by atoms with E-state index in [1.165, 1.54) is 0 Å². The van der Waals surface area contributed by atoms with Crippen molar-refractivity contribution < 1.29 is 13.2 Å². The summed E-state index contributed by atoms with van der Waals surface area (Å²) in [4.78, 5) is 0.307. The summed E-state index contributed by atoms with van der Waals surface area (Å²) in [5.74, 6) is 0. The number of nitrogen functional groups attached to an aromatic ring is 1. The highest BCUT2D eigenvalue weighted by atomic mass is 32.2. The van der Waals surface area contributed by atoms with E-state index in [0.717, 1.165) is 0 Å². The van der Waals surface area contributed by atoms with Gasteiger partial charge in [-0.15, -0.1) is 0 Å². The first-order valence-electron chi connectivity index (χ1n) is 6.34. The van der Waals surface area contributed by atoms with Crippen molar-refractivity contribution in [2.75, 3.05) is 5.73 Å². The number of nitrogens with two attached hydrogens (primary N) is 1. The van der Waals surface area contributed by atoms with Gasteiger partial charge < -0.3 is 10.5 Å². The average molecular weight is 283 g/mol. The second-order valence-corrected chi connectivity index (χ2v) is 8.40. The fraction of sp³-hybridized carbons (Fsp3) is 0.571. The molecule has 5 heteroatoms. The van der Waals surface area contributed by atoms with Crippen LogP contribution in [0.15, 0.2) is 29.2 Å². The lowest BCUT2D eigenvalue weighted by Crippen LogP contribution is -2.38. The van der Waals surface area contributed by atoms with Gasteiger partial charge in [-0.05, 0) is 58.4 Å². The van der Waals surface area contributed by atoms with Gasteiger partial charge >= 0.3 is 0 Å². The second-order valence-electron chi connectivity index (χ2n) is 6.27. The SMILES string of the molecule is CC1(C)CC(S(=O)(=O)c2ccc(N)cc2)C(C)(C)O1. The first-order chi connectivity index (χ1) is 8.55. The van der Waals surface area contributed by atoms with Crippen LogP contribution in [0.25, 0.3) is 0 Å². The Hall–Kier alpha value is -1.07. The van der Waals surface area contributed by atoms with Crippen LogP contribution in [-0.2, 0) is 14.6 Å². The lowest BCUT2D eigenvalue weighted by Gasteiger charge is -2.27. The maximum atomic E-state index is 12.7. The smallest absolute Gasteiger partial charge is 0.184 e. The van der Waals surface area contributed by atoms with Crippen LogP contribution in [0.4, 0.5) is 5.69 Å². The summed E-state index contributed by atoms with van der Waals surface area (Å²) >= 11 is 0. The molecule has 1 atom stereocenters. The Labute approximate surface area is 114 Å². The van der Waals surface area contributed by atoms with E-state index in [9.17, 15) is 8.42 Å². The van der Waals surface area contributed by atoms with E-state index in [4.69, 9.17) is 10.5 Å². The molecule has 0 bridgehead atoms. The summed E-state index contributed by atoms with van der Waals surface area (Å²) in [6.07, 6.45) is 0.493. The molecule has 0 spiro atoms. The molecule has 1 fully saturated rings. The van der Waals surface area contributed by atoms with E-state index in [-0.39, 0.29) is 0 Å². The zero-order valence-corrected chi connectivity index (χ0v) is 12.6. The molecule has 1 saturated heterocycles. The van der Waals surface area contributed by atoms with E-state index >= 15 is 0 Å². The summed E-state index contributed by atoms with van der Waals surface area (Å²) < 4.78 is 31.3. The molecular weight excluding hydrogens is 262 g/mol. The highest BCUT2D eigenvalue weighted by molar-refractivity contribution is 7.92. The van der Waals surface area contributed by atoms with Crippen molar-refractivity contribution in [2.24, 2.45) is 0 Å². The minimum atomic E-state index is -3.41. The Morgan fingerprint density at radius 3 is 2.11 bits per heavy atom. The third-order valence-corrected chi connectivity index (χ3v) is 5.99. The number of ether oxygens (including phenoxy) is 1. The molecule has 1 aliphatic rings. The lowest BCUT2D eigenvalue weighted by molar-refractivity contribution is -0.0635. The van der Waals surface area contributed by atoms with Gasteiger partial charge in [0, 0.05) is 5.69 Å². The summed E-state index contributed by atoms with van der Waals surface area (Å²) in [5, 5.41) is -0.543. The molecule has 1 heterocycles. The Balaban J connectivity index is 2.43. The Bertz CT molecular complexity index is 573. The van der Waals surface area contributed by atoms with Gasteiger partial charge in [-0.3, -0.25) is 0 Å².